The van der Waals surface area contributed by atoms with Gasteiger partial charge in [-0.3, -0.25) is 4.79 Å². The first-order valence-electron chi connectivity index (χ1n) is 11.4. The van der Waals surface area contributed by atoms with Crippen LogP contribution in [-0.4, -0.2) is 61.3 Å². The maximum atomic E-state index is 10.9. The third kappa shape index (κ3) is 24.8. The predicted molar refractivity (Wildman–Crippen MR) is 119 cm³/mol. The molecule has 0 spiro atoms. The van der Waals surface area contributed by atoms with Crippen molar-refractivity contribution in [2.24, 2.45) is 0 Å². The minimum atomic E-state index is -1.00. The predicted octanol–water partition coefficient (Wildman–Crippen LogP) is 3.58. The summed E-state index contributed by atoms with van der Waals surface area (Å²) in [6.07, 6.45) is 16.0. The monoisotopic (exact) mass is 416 g/mol. The molecule has 0 unspecified atom stereocenters. The highest BCUT2D eigenvalue weighted by molar-refractivity contribution is 5.77. The van der Waals surface area contributed by atoms with Crippen LogP contribution in [0.4, 0.5) is 0 Å². The van der Waals surface area contributed by atoms with Crippen LogP contribution in [0.1, 0.15) is 97.8 Å². The average molecular weight is 417 g/mol. The molecule has 0 aliphatic carbocycles. The summed E-state index contributed by atoms with van der Waals surface area (Å²) in [5.41, 5.74) is -0.794. The Labute approximate surface area is 179 Å². The summed E-state index contributed by atoms with van der Waals surface area (Å²) in [6, 6.07) is 0. The topological polar surface area (TPSA) is 89.5 Å². The highest BCUT2D eigenvalue weighted by Gasteiger charge is 2.25. The molecular formula is C23H48N2O4. The first-order chi connectivity index (χ1) is 13.4. The van der Waals surface area contributed by atoms with E-state index in [1.807, 2.05) is 0 Å². The molecule has 0 aromatic carbocycles. The van der Waals surface area contributed by atoms with Gasteiger partial charge < -0.3 is 24.8 Å². The largest absolute Gasteiger partial charge is 0.544 e. The first-order valence-corrected chi connectivity index (χ1v) is 11.4. The van der Waals surface area contributed by atoms with Gasteiger partial charge in [0, 0.05) is 0 Å². The number of quaternary nitrogens is 1. The molecule has 0 saturated carbocycles. The number of carboxylic acids is 2. The lowest BCUT2D eigenvalue weighted by Crippen LogP contribution is -2.46. The fourth-order valence-electron chi connectivity index (χ4n) is 2.83. The van der Waals surface area contributed by atoms with E-state index in [1.165, 1.54) is 70.6 Å². The van der Waals surface area contributed by atoms with Crippen molar-refractivity contribution >= 4 is 11.9 Å². The summed E-state index contributed by atoms with van der Waals surface area (Å²) >= 11 is 0. The van der Waals surface area contributed by atoms with Gasteiger partial charge >= 0.3 is 5.97 Å². The van der Waals surface area contributed by atoms with Crippen molar-refractivity contribution in [2.75, 3.05) is 34.2 Å². The molecule has 0 aromatic heterocycles. The number of unbranched alkanes of at least 4 members (excludes halogenated alkanes) is 11. The number of hydrogen-bond donors (Lipinski definition) is 2. The molecule has 174 valence electrons. The van der Waals surface area contributed by atoms with Crippen molar-refractivity contribution in [2.45, 2.75) is 103 Å². The van der Waals surface area contributed by atoms with Crippen molar-refractivity contribution in [3.63, 3.8) is 0 Å². The zero-order valence-corrected chi connectivity index (χ0v) is 20.0. The molecular weight excluding hydrogens is 368 g/mol. The Morgan fingerprint density at radius 1 is 0.828 bits per heavy atom. The zero-order chi connectivity index (χ0) is 22.8. The molecule has 0 amide bonds. The van der Waals surface area contributed by atoms with E-state index >= 15 is 0 Å². The Bertz CT molecular complexity index is 418. The summed E-state index contributed by atoms with van der Waals surface area (Å²) in [4.78, 5) is 20.8. The Balaban J connectivity index is 0. The van der Waals surface area contributed by atoms with E-state index in [9.17, 15) is 14.7 Å². The number of nitrogens with zero attached hydrogens (tertiary/aromatic N) is 1. The van der Waals surface area contributed by atoms with Crippen LogP contribution in [0.3, 0.4) is 0 Å². The van der Waals surface area contributed by atoms with Crippen molar-refractivity contribution < 1.29 is 24.3 Å². The molecule has 29 heavy (non-hydrogen) atoms. The second-order valence-electron chi connectivity index (χ2n) is 9.57. The molecule has 0 aliphatic rings. The van der Waals surface area contributed by atoms with Crippen LogP contribution in [0, 0.1) is 0 Å². The first kappa shape index (κ1) is 30.1. The third-order valence-corrected chi connectivity index (χ3v) is 4.74. The molecule has 6 heteroatoms. The van der Waals surface area contributed by atoms with E-state index in [0.717, 1.165) is 13.0 Å². The minimum absolute atomic E-state index is 0.0694. The van der Waals surface area contributed by atoms with Crippen LogP contribution >= 0.6 is 0 Å². The molecule has 0 fully saturated rings. The normalized spacial score (nSPS) is 11.7. The van der Waals surface area contributed by atoms with E-state index < -0.39 is 17.5 Å². The standard InChI is InChI=1S/C18H37NO2.C5H11NO2/c1-4-5-6-7-8-9-10-11-12-13-14-15-16-19-18(2,3)17(20)21;1-6(2,3)4-5(7)8/h19H,4-16H2,1-3H3,(H,20,21);4H2,1-3H3. The third-order valence-electron chi connectivity index (χ3n) is 4.74. The fraction of sp³-hybridized carbons (Fsp3) is 0.913. The van der Waals surface area contributed by atoms with Gasteiger partial charge in [0.15, 0.2) is 0 Å². The quantitative estimate of drug-likeness (QED) is 0.279. The van der Waals surface area contributed by atoms with Gasteiger partial charge in [-0.15, -0.1) is 0 Å². The number of nitrogens with one attached hydrogen (secondary N) is 1. The highest BCUT2D eigenvalue weighted by Crippen LogP contribution is 2.12. The molecule has 0 atom stereocenters. The lowest BCUT2D eigenvalue weighted by Gasteiger charge is -2.23. The molecule has 0 saturated heterocycles. The lowest BCUT2D eigenvalue weighted by atomic mass is 10.0. The molecule has 0 bridgehead atoms. The summed E-state index contributed by atoms with van der Waals surface area (Å²) < 4.78 is 0.419. The summed E-state index contributed by atoms with van der Waals surface area (Å²) in [7, 11) is 5.40. The maximum absolute atomic E-state index is 10.9. The van der Waals surface area contributed by atoms with Crippen molar-refractivity contribution in [3.8, 4) is 0 Å². The summed E-state index contributed by atoms with van der Waals surface area (Å²) in [6.45, 7) is 6.57. The number of aliphatic carboxylic acids is 2. The van der Waals surface area contributed by atoms with Crippen molar-refractivity contribution in [1.82, 2.24) is 5.32 Å². The summed E-state index contributed by atoms with van der Waals surface area (Å²) in [5, 5.41) is 22.0. The van der Waals surface area contributed by atoms with Gasteiger partial charge in [-0.1, -0.05) is 77.6 Å². The Kier molecular flexibility index (Phi) is 18.3. The van der Waals surface area contributed by atoms with Crippen LogP contribution in [0.25, 0.3) is 0 Å². The number of hydrogen-bond acceptors (Lipinski definition) is 4. The van der Waals surface area contributed by atoms with Crippen LogP contribution in [0.2, 0.25) is 0 Å². The molecule has 0 rings (SSSR count). The molecule has 0 heterocycles. The molecule has 0 aromatic rings. The Hall–Kier alpha value is -1.14. The van der Waals surface area contributed by atoms with Gasteiger partial charge in [0.25, 0.3) is 0 Å². The zero-order valence-electron chi connectivity index (χ0n) is 20.0. The molecule has 2 N–H and O–H groups in total. The van der Waals surface area contributed by atoms with Gasteiger partial charge in [0.1, 0.15) is 12.1 Å². The van der Waals surface area contributed by atoms with E-state index in [-0.39, 0.29) is 6.54 Å². The number of carbonyl (C=O) groups excluding carboxylic acids is 1. The Morgan fingerprint density at radius 3 is 1.48 bits per heavy atom. The van der Waals surface area contributed by atoms with Gasteiger partial charge in [-0.2, -0.15) is 0 Å². The Morgan fingerprint density at radius 2 is 1.21 bits per heavy atom. The van der Waals surface area contributed by atoms with Crippen LogP contribution in [0.5, 0.6) is 0 Å². The number of rotatable bonds is 17. The van der Waals surface area contributed by atoms with Crippen LogP contribution in [0.15, 0.2) is 0 Å². The smallest absolute Gasteiger partial charge is 0.323 e. The second-order valence-corrected chi connectivity index (χ2v) is 9.57. The average Bonchev–Trinajstić information content (AvgIpc) is 2.57. The van der Waals surface area contributed by atoms with Crippen LogP contribution in [-0.2, 0) is 9.59 Å². The number of carbonyl (C=O) groups is 2. The van der Waals surface area contributed by atoms with Gasteiger partial charge in [-0.05, 0) is 26.8 Å². The van der Waals surface area contributed by atoms with Crippen molar-refractivity contribution in [3.05, 3.63) is 0 Å². The minimum Gasteiger partial charge on any atom is -0.544 e. The number of carboxylic acid groups (broad SMARTS) is 2. The van der Waals surface area contributed by atoms with Gasteiger partial charge in [0.2, 0.25) is 0 Å². The lowest BCUT2D eigenvalue weighted by molar-refractivity contribution is -0.864. The SMILES string of the molecule is CCCCCCCCCCCCCCNC(C)(C)C(=O)O.C[N+](C)(C)CC(=O)[O-]. The second kappa shape index (κ2) is 17.7. The van der Waals surface area contributed by atoms with E-state index in [1.54, 1.807) is 35.0 Å². The summed E-state index contributed by atoms with van der Waals surface area (Å²) in [5.74, 6) is -1.78. The van der Waals surface area contributed by atoms with Gasteiger partial charge in [-0.25, -0.2) is 0 Å². The number of likely N-dealkylation sites (N-methyl/N-ethyl adjacent to an activating group) is 1. The molecule has 0 radical (unpaired) electrons. The van der Waals surface area contributed by atoms with E-state index in [0.29, 0.717) is 4.48 Å². The van der Waals surface area contributed by atoms with Crippen LogP contribution < -0.4 is 10.4 Å². The highest BCUT2D eigenvalue weighted by atomic mass is 16.4. The maximum Gasteiger partial charge on any atom is 0.323 e. The molecule has 0 aliphatic heterocycles. The molecule has 6 nitrogen and oxygen atoms in total. The van der Waals surface area contributed by atoms with E-state index in [4.69, 9.17) is 5.11 Å². The van der Waals surface area contributed by atoms with Crippen molar-refractivity contribution in [1.29, 1.82) is 0 Å². The fourth-order valence-corrected chi connectivity index (χ4v) is 2.83. The van der Waals surface area contributed by atoms with E-state index in [2.05, 4.69) is 12.2 Å². The van der Waals surface area contributed by atoms with Gasteiger partial charge in [0.05, 0.1) is 27.1 Å².